The van der Waals surface area contributed by atoms with Gasteiger partial charge in [-0.25, -0.2) is 13.9 Å². The second-order valence-corrected chi connectivity index (χ2v) is 4.80. The lowest BCUT2D eigenvalue weighted by atomic mass is 10.0. The van der Waals surface area contributed by atoms with Gasteiger partial charge in [-0.2, -0.15) is 5.10 Å². The first-order chi connectivity index (χ1) is 10.2. The number of hydrogen-bond acceptors (Lipinski definition) is 4. The molecular weight excluding hydrogens is 275 g/mol. The Hall–Kier alpha value is -2.21. The maximum absolute atomic E-state index is 13.0. The fraction of sp³-hybridized carbons (Fsp3) is 0.333. The molecule has 1 aliphatic rings. The number of aromatic nitrogens is 2. The monoisotopic (exact) mass is 290 g/mol. The van der Waals surface area contributed by atoms with Crippen LogP contribution < -0.4 is 0 Å². The molecule has 110 valence electrons. The standard InChI is InChI=1S/C15H15FN2O3/c1-2-21-15(19)13-7-18(12-5-3-11(16)4-6-12)17-14(13)10-8-20-9-10/h3-7,10H,2,8-9H2,1H3. The fourth-order valence-corrected chi connectivity index (χ4v) is 2.17. The lowest BCUT2D eigenvalue weighted by Crippen LogP contribution is -2.27. The number of nitrogens with zero attached hydrogens (tertiary/aromatic N) is 2. The van der Waals surface area contributed by atoms with Gasteiger partial charge in [-0.3, -0.25) is 0 Å². The predicted molar refractivity (Wildman–Crippen MR) is 73.0 cm³/mol. The van der Waals surface area contributed by atoms with Crippen LogP contribution in [0.25, 0.3) is 5.69 Å². The molecule has 1 fully saturated rings. The van der Waals surface area contributed by atoms with Crippen LogP contribution in [0.1, 0.15) is 28.9 Å². The Kier molecular flexibility index (Phi) is 3.70. The third kappa shape index (κ3) is 2.67. The van der Waals surface area contributed by atoms with Crippen molar-refractivity contribution >= 4 is 5.97 Å². The largest absolute Gasteiger partial charge is 0.462 e. The summed E-state index contributed by atoms with van der Waals surface area (Å²) < 4.78 is 24.8. The molecule has 1 aromatic carbocycles. The second kappa shape index (κ2) is 5.65. The zero-order valence-electron chi connectivity index (χ0n) is 11.6. The van der Waals surface area contributed by atoms with Gasteiger partial charge in [-0.15, -0.1) is 0 Å². The average molecular weight is 290 g/mol. The number of carbonyl (C=O) groups is 1. The van der Waals surface area contributed by atoms with E-state index in [1.807, 2.05) is 0 Å². The molecule has 0 amide bonds. The number of carbonyl (C=O) groups excluding carboxylic acids is 1. The molecule has 5 nitrogen and oxygen atoms in total. The summed E-state index contributed by atoms with van der Waals surface area (Å²) in [5.74, 6) is -0.608. The molecule has 1 aromatic heterocycles. The molecule has 0 unspecified atom stereocenters. The van der Waals surface area contributed by atoms with E-state index in [9.17, 15) is 9.18 Å². The summed E-state index contributed by atoms with van der Waals surface area (Å²) in [5, 5.41) is 4.45. The lowest BCUT2D eigenvalue weighted by Gasteiger charge is -2.24. The van der Waals surface area contributed by atoms with Crippen LogP contribution >= 0.6 is 0 Å². The second-order valence-electron chi connectivity index (χ2n) is 4.80. The number of esters is 1. The van der Waals surface area contributed by atoms with Crippen LogP contribution in [-0.2, 0) is 9.47 Å². The Morgan fingerprint density at radius 1 is 1.43 bits per heavy atom. The molecule has 1 aliphatic heterocycles. The molecule has 0 atom stereocenters. The summed E-state index contributed by atoms with van der Waals surface area (Å²) in [6, 6.07) is 5.93. The molecule has 0 radical (unpaired) electrons. The minimum absolute atomic E-state index is 0.103. The predicted octanol–water partition coefficient (Wildman–Crippen LogP) is 2.30. The third-order valence-electron chi connectivity index (χ3n) is 3.35. The van der Waals surface area contributed by atoms with Crippen molar-refractivity contribution < 1.29 is 18.7 Å². The summed E-state index contributed by atoms with van der Waals surface area (Å²) in [6.45, 7) is 3.16. The Bertz CT molecular complexity index is 647. The lowest BCUT2D eigenvalue weighted by molar-refractivity contribution is 0.00582. The average Bonchev–Trinajstić information content (AvgIpc) is 2.82. The zero-order valence-corrected chi connectivity index (χ0v) is 11.6. The van der Waals surface area contributed by atoms with E-state index < -0.39 is 5.97 Å². The van der Waals surface area contributed by atoms with E-state index in [1.54, 1.807) is 29.9 Å². The summed E-state index contributed by atoms with van der Waals surface area (Å²) in [4.78, 5) is 12.0. The smallest absolute Gasteiger partial charge is 0.341 e. The Morgan fingerprint density at radius 3 is 2.71 bits per heavy atom. The summed E-state index contributed by atoms with van der Waals surface area (Å²) in [7, 11) is 0. The molecule has 0 saturated carbocycles. The highest BCUT2D eigenvalue weighted by Crippen LogP contribution is 2.27. The molecule has 21 heavy (non-hydrogen) atoms. The van der Waals surface area contributed by atoms with Crippen LogP contribution in [0, 0.1) is 5.82 Å². The number of rotatable bonds is 4. The number of hydrogen-bond donors (Lipinski definition) is 0. The van der Waals surface area contributed by atoms with Gasteiger partial charge in [0.25, 0.3) is 0 Å². The van der Waals surface area contributed by atoms with E-state index >= 15 is 0 Å². The molecule has 2 heterocycles. The van der Waals surface area contributed by atoms with Gasteiger partial charge in [-0.05, 0) is 31.2 Å². The number of halogens is 1. The van der Waals surface area contributed by atoms with E-state index in [0.29, 0.717) is 36.8 Å². The fourth-order valence-electron chi connectivity index (χ4n) is 2.17. The van der Waals surface area contributed by atoms with E-state index in [-0.39, 0.29) is 11.7 Å². The molecule has 0 spiro atoms. The summed E-state index contributed by atoms with van der Waals surface area (Å²) in [6.07, 6.45) is 1.62. The van der Waals surface area contributed by atoms with E-state index in [2.05, 4.69) is 5.10 Å². The first kappa shape index (κ1) is 13.8. The van der Waals surface area contributed by atoms with Crippen molar-refractivity contribution in [1.29, 1.82) is 0 Å². The summed E-state index contributed by atoms with van der Waals surface area (Å²) in [5.41, 5.74) is 1.80. The normalized spacial score (nSPS) is 14.8. The first-order valence-electron chi connectivity index (χ1n) is 6.79. The van der Waals surface area contributed by atoms with Crippen molar-refractivity contribution in [3.8, 4) is 5.69 Å². The maximum atomic E-state index is 13.0. The van der Waals surface area contributed by atoms with Crippen LogP contribution in [0.15, 0.2) is 30.5 Å². The van der Waals surface area contributed by atoms with Crippen molar-refractivity contribution in [2.45, 2.75) is 12.8 Å². The van der Waals surface area contributed by atoms with Crippen molar-refractivity contribution in [3.05, 3.63) is 47.5 Å². The van der Waals surface area contributed by atoms with E-state index in [1.165, 1.54) is 12.1 Å². The highest BCUT2D eigenvalue weighted by atomic mass is 19.1. The van der Waals surface area contributed by atoms with Gasteiger partial charge < -0.3 is 9.47 Å². The van der Waals surface area contributed by atoms with Gasteiger partial charge in [0.15, 0.2) is 0 Å². The Labute approximate surface area is 121 Å². The van der Waals surface area contributed by atoms with E-state index in [4.69, 9.17) is 9.47 Å². The molecule has 1 saturated heterocycles. The van der Waals surface area contributed by atoms with Gasteiger partial charge in [-0.1, -0.05) is 0 Å². The summed E-state index contributed by atoms with van der Waals surface area (Å²) >= 11 is 0. The van der Waals surface area contributed by atoms with Gasteiger partial charge >= 0.3 is 5.97 Å². The minimum atomic E-state index is -0.396. The van der Waals surface area contributed by atoms with E-state index in [0.717, 1.165) is 0 Å². The molecule has 2 aromatic rings. The Morgan fingerprint density at radius 2 is 2.14 bits per heavy atom. The van der Waals surface area contributed by atoms with Crippen molar-refractivity contribution in [1.82, 2.24) is 9.78 Å². The van der Waals surface area contributed by atoms with Gasteiger partial charge in [0.1, 0.15) is 11.4 Å². The zero-order chi connectivity index (χ0) is 14.8. The third-order valence-corrected chi connectivity index (χ3v) is 3.35. The molecular formula is C15H15FN2O3. The highest BCUT2D eigenvalue weighted by molar-refractivity contribution is 5.90. The molecule has 3 rings (SSSR count). The van der Waals surface area contributed by atoms with Crippen LogP contribution in [0.3, 0.4) is 0 Å². The number of benzene rings is 1. The van der Waals surface area contributed by atoms with Gasteiger partial charge in [0.05, 0.1) is 37.1 Å². The molecule has 0 aliphatic carbocycles. The molecule has 0 bridgehead atoms. The van der Waals surface area contributed by atoms with Crippen molar-refractivity contribution in [2.24, 2.45) is 0 Å². The van der Waals surface area contributed by atoms with Crippen LogP contribution in [0.5, 0.6) is 0 Å². The highest BCUT2D eigenvalue weighted by Gasteiger charge is 2.30. The minimum Gasteiger partial charge on any atom is -0.462 e. The molecule has 0 N–H and O–H groups in total. The molecule has 6 heteroatoms. The SMILES string of the molecule is CCOC(=O)c1cn(-c2ccc(F)cc2)nc1C1COC1. The first-order valence-corrected chi connectivity index (χ1v) is 6.79. The number of ether oxygens (including phenoxy) is 2. The topological polar surface area (TPSA) is 53.4 Å². The van der Waals surface area contributed by atoms with Crippen molar-refractivity contribution in [3.63, 3.8) is 0 Å². The van der Waals surface area contributed by atoms with Gasteiger partial charge in [0.2, 0.25) is 0 Å². The van der Waals surface area contributed by atoms with Gasteiger partial charge in [0, 0.05) is 6.20 Å². The van der Waals surface area contributed by atoms with Crippen LogP contribution in [0.4, 0.5) is 4.39 Å². The van der Waals surface area contributed by atoms with Crippen LogP contribution in [0.2, 0.25) is 0 Å². The maximum Gasteiger partial charge on any atom is 0.341 e. The quantitative estimate of drug-likeness (QED) is 0.811. The Balaban J connectivity index is 1.98. The van der Waals surface area contributed by atoms with Crippen LogP contribution in [-0.4, -0.2) is 35.6 Å². The van der Waals surface area contributed by atoms with Crippen molar-refractivity contribution in [2.75, 3.05) is 19.8 Å².